The predicted molar refractivity (Wildman–Crippen MR) is 63.1 cm³/mol. The van der Waals surface area contributed by atoms with Crippen LogP contribution in [0.25, 0.3) is 0 Å². The van der Waals surface area contributed by atoms with E-state index in [2.05, 4.69) is 10.1 Å². The molecular weight excluding hydrogens is 246 g/mol. The first kappa shape index (κ1) is 14.3. The van der Waals surface area contributed by atoms with Crippen molar-refractivity contribution in [3.05, 3.63) is 33.9 Å². The van der Waals surface area contributed by atoms with E-state index < -0.39 is 18.0 Å². The predicted octanol–water partition coefficient (Wildman–Crippen LogP) is 2.60. The van der Waals surface area contributed by atoms with E-state index in [-0.39, 0.29) is 18.8 Å². The Hall–Kier alpha value is -1.76. The highest BCUT2D eigenvalue weighted by Gasteiger charge is 2.12. The molecule has 0 unspecified atom stereocenters. The van der Waals surface area contributed by atoms with Crippen molar-refractivity contribution in [3.8, 4) is 0 Å². The maximum absolute atomic E-state index is 11.8. The molecule has 0 fully saturated rings. The van der Waals surface area contributed by atoms with Gasteiger partial charge in [-0.25, -0.2) is 8.78 Å². The fourth-order valence-corrected chi connectivity index (χ4v) is 1.38. The summed E-state index contributed by atoms with van der Waals surface area (Å²) in [5, 5.41) is 13.5. The summed E-state index contributed by atoms with van der Waals surface area (Å²) >= 11 is 0. The molecule has 1 aromatic carbocycles. The van der Waals surface area contributed by atoms with E-state index in [0.29, 0.717) is 5.69 Å². The van der Waals surface area contributed by atoms with Gasteiger partial charge >= 0.3 is 0 Å². The Labute approximate surface area is 103 Å². The Morgan fingerprint density at radius 1 is 1.50 bits per heavy atom. The van der Waals surface area contributed by atoms with Crippen LogP contribution in [0.2, 0.25) is 0 Å². The summed E-state index contributed by atoms with van der Waals surface area (Å²) in [6, 6.07) is 4.67. The maximum atomic E-state index is 11.8. The van der Waals surface area contributed by atoms with Gasteiger partial charge in [0.1, 0.15) is 12.3 Å². The molecule has 0 atom stereocenters. The molecular formula is C11H14F2N2O3. The van der Waals surface area contributed by atoms with E-state index in [4.69, 9.17) is 0 Å². The fourth-order valence-electron chi connectivity index (χ4n) is 1.38. The molecule has 0 bridgehead atoms. The standard InChI is InChI=1S/C11H14F2N2O3/c1-8-2-3-10(15(16)17)9(6-8)14-4-5-18-7-11(12)13/h2-3,6,11,14H,4-5,7H2,1H3. The van der Waals surface area contributed by atoms with Gasteiger partial charge in [0.25, 0.3) is 12.1 Å². The number of halogens is 2. The quantitative estimate of drug-likeness (QED) is 0.465. The zero-order valence-electron chi connectivity index (χ0n) is 9.86. The second-order valence-corrected chi connectivity index (χ2v) is 3.67. The van der Waals surface area contributed by atoms with Crippen molar-refractivity contribution in [2.45, 2.75) is 13.3 Å². The molecule has 0 aliphatic rings. The number of anilines is 1. The van der Waals surface area contributed by atoms with Gasteiger partial charge < -0.3 is 10.1 Å². The summed E-state index contributed by atoms with van der Waals surface area (Å²) in [7, 11) is 0. The number of aryl methyl sites for hydroxylation is 1. The summed E-state index contributed by atoms with van der Waals surface area (Å²) in [4.78, 5) is 10.2. The van der Waals surface area contributed by atoms with Gasteiger partial charge in [-0.1, -0.05) is 6.07 Å². The van der Waals surface area contributed by atoms with Crippen LogP contribution < -0.4 is 5.32 Å². The first-order chi connectivity index (χ1) is 8.50. The topological polar surface area (TPSA) is 64.4 Å². The molecule has 0 spiro atoms. The lowest BCUT2D eigenvalue weighted by molar-refractivity contribution is -0.384. The number of nitrogens with one attached hydrogen (secondary N) is 1. The first-order valence-electron chi connectivity index (χ1n) is 5.35. The van der Waals surface area contributed by atoms with Crippen molar-refractivity contribution >= 4 is 11.4 Å². The van der Waals surface area contributed by atoms with E-state index >= 15 is 0 Å². The Bertz CT molecular complexity index is 413. The van der Waals surface area contributed by atoms with Crippen molar-refractivity contribution in [1.82, 2.24) is 0 Å². The van der Waals surface area contributed by atoms with Crippen molar-refractivity contribution in [3.63, 3.8) is 0 Å². The highest BCUT2D eigenvalue weighted by atomic mass is 19.3. The Kier molecular flexibility index (Phi) is 5.44. The summed E-state index contributed by atoms with van der Waals surface area (Å²) in [6.07, 6.45) is -2.50. The number of hydrogen-bond donors (Lipinski definition) is 1. The molecule has 100 valence electrons. The minimum absolute atomic E-state index is 0.0468. The zero-order chi connectivity index (χ0) is 13.5. The van der Waals surface area contributed by atoms with E-state index in [1.54, 1.807) is 12.1 Å². The molecule has 0 amide bonds. The van der Waals surface area contributed by atoms with Crippen molar-refractivity contribution in [1.29, 1.82) is 0 Å². The SMILES string of the molecule is Cc1ccc([N+](=O)[O-])c(NCCOCC(F)F)c1. The van der Waals surface area contributed by atoms with Crippen LogP contribution >= 0.6 is 0 Å². The third kappa shape index (κ3) is 4.62. The maximum Gasteiger partial charge on any atom is 0.292 e. The zero-order valence-corrected chi connectivity index (χ0v) is 9.86. The molecule has 1 N–H and O–H groups in total. The van der Waals surface area contributed by atoms with Gasteiger partial charge in [-0.15, -0.1) is 0 Å². The van der Waals surface area contributed by atoms with E-state index in [0.717, 1.165) is 5.56 Å². The van der Waals surface area contributed by atoms with Crippen LogP contribution in [0.4, 0.5) is 20.2 Å². The number of benzene rings is 1. The van der Waals surface area contributed by atoms with Gasteiger partial charge in [0.15, 0.2) is 0 Å². The molecule has 18 heavy (non-hydrogen) atoms. The molecule has 0 saturated carbocycles. The summed E-state index contributed by atoms with van der Waals surface area (Å²) in [5.74, 6) is 0. The van der Waals surface area contributed by atoms with Crippen molar-refractivity contribution < 1.29 is 18.4 Å². The molecule has 0 aliphatic heterocycles. The molecule has 0 aliphatic carbocycles. The summed E-state index contributed by atoms with van der Waals surface area (Å²) in [5.41, 5.74) is 1.19. The Morgan fingerprint density at radius 2 is 2.22 bits per heavy atom. The van der Waals surface area contributed by atoms with E-state index in [1.165, 1.54) is 6.07 Å². The summed E-state index contributed by atoms with van der Waals surface area (Å²) in [6.45, 7) is 1.48. The monoisotopic (exact) mass is 260 g/mol. The number of ether oxygens (including phenoxy) is 1. The lowest BCUT2D eigenvalue weighted by Gasteiger charge is -2.08. The third-order valence-corrected chi connectivity index (χ3v) is 2.15. The van der Waals surface area contributed by atoms with Gasteiger partial charge in [0, 0.05) is 12.6 Å². The third-order valence-electron chi connectivity index (χ3n) is 2.15. The Balaban J connectivity index is 2.50. The molecule has 7 heteroatoms. The van der Waals surface area contributed by atoms with E-state index in [9.17, 15) is 18.9 Å². The van der Waals surface area contributed by atoms with Gasteiger partial charge in [-0.2, -0.15) is 0 Å². The molecule has 1 rings (SSSR count). The number of nitro groups is 1. The fraction of sp³-hybridized carbons (Fsp3) is 0.455. The largest absolute Gasteiger partial charge is 0.377 e. The average molecular weight is 260 g/mol. The molecule has 0 aromatic heterocycles. The first-order valence-corrected chi connectivity index (χ1v) is 5.35. The van der Waals surface area contributed by atoms with Crippen LogP contribution in [0.5, 0.6) is 0 Å². The van der Waals surface area contributed by atoms with E-state index in [1.807, 2.05) is 6.92 Å². The summed E-state index contributed by atoms with van der Waals surface area (Å²) < 4.78 is 28.2. The van der Waals surface area contributed by atoms with Crippen LogP contribution in [0.1, 0.15) is 5.56 Å². The highest BCUT2D eigenvalue weighted by Crippen LogP contribution is 2.24. The highest BCUT2D eigenvalue weighted by molar-refractivity contribution is 5.62. The molecule has 5 nitrogen and oxygen atoms in total. The van der Waals surface area contributed by atoms with Gasteiger partial charge in [-0.3, -0.25) is 10.1 Å². The van der Waals surface area contributed by atoms with Crippen LogP contribution in [0.3, 0.4) is 0 Å². The van der Waals surface area contributed by atoms with Gasteiger partial charge in [0.2, 0.25) is 0 Å². The van der Waals surface area contributed by atoms with Crippen molar-refractivity contribution in [2.24, 2.45) is 0 Å². The minimum atomic E-state index is -2.50. The van der Waals surface area contributed by atoms with Gasteiger partial charge in [-0.05, 0) is 18.6 Å². The second-order valence-electron chi connectivity index (χ2n) is 3.67. The number of hydrogen-bond acceptors (Lipinski definition) is 4. The van der Waals surface area contributed by atoms with Crippen LogP contribution in [0, 0.1) is 17.0 Å². The lowest BCUT2D eigenvalue weighted by Crippen LogP contribution is -2.13. The van der Waals surface area contributed by atoms with Crippen LogP contribution in [-0.4, -0.2) is 31.1 Å². The molecule has 1 aromatic rings. The molecule has 0 radical (unpaired) electrons. The normalized spacial score (nSPS) is 10.7. The number of rotatable bonds is 7. The molecule has 0 heterocycles. The number of nitro benzene ring substituents is 1. The average Bonchev–Trinajstić information content (AvgIpc) is 2.27. The second kappa shape index (κ2) is 6.85. The van der Waals surface area contributed by atoms with Gasteiger partial charge in [0.05, 0.1) is 11.5 Å². The lowest BCUT2D eigenvalue weighted by atomic mass is 10.2. The Morgan fingerprint density at radius 3 is 2.83 bits per heavy atom. The smallest absolute Gasteiger partial charge is 0.292 e. The molecule has 0 saturated heterocycles. The van der Waals surface area contributed by atoms with Crippen molar-refractivity contribution in [2.75, 3.05) is 25.1 Å². The number of nitrogens with zero attached hydrogens (tertiary/aromatic N) is 1. The minimum Gasteiger partial charge on any atom is -0.377 e. The number of alkyl halides is 2. The van der Waals surface area contributed by atoms with Crippen LogP contribution in [0.15, 0.2) is 18.2 Å². The van der Waals surface area contributed by atoms with Crippen LogP contribution in [-0.2, 0) is 4.74 Å².